The molecule has 0 saturated heterocycles. The Morgan fingerprint density at radius 3 is 1.28 bits per heavy atom. The molecule has 2 aliphatic rings. The van der Waals surface area contributed by atoms with Crippen molar-refractivity contribution in [3.8, 4) is 101 Å². The molecule has 0 radical (unpaired) electrons. The van der Waals surface area contributed by atoms with Gasteiger partial charge in [-0.05, 0) is 162 Å². The SMILES string of the molecule is CC1(C)c2ccccc2-c2ccc(-c3ccc4c(c3)c3ccccc3n4-c3cccc(-c4cc(-c5ccc(-c6ccccc6)cc5-c5ccccc5)nc(-n5c6ccccc6c6cc(-c7ccc8c(c7)C(C)(C)c7ccccc7-8)ccc65)n4)c3)cc21. The monoisotopic (exact) mass is 1100 g/mol. The predicted octanol–water partition coefficient (Wildman–Crippen LogP) is 21.3. The van der Waals surface area contributed by atoms with Gasteiger partial charge in [0.05, 0.1) is 33.5 Å². The lowest BCUT2D eigenvalue weighted by atomic mass is 9.81. The molecule has 4 heteroatoms. The molecule has 0 spiro atoms. The van der Waals surface area contributed by atoms with E-state index in [4.69, 9.17) is 9.97 Å². The molecule has 17 rings (SSSR count). The Kier molecular flexibility index (Phi) is 11.0. The van der Waals surface area contributed by atoms with Crippen LogP contribution in [0.25, 0.3) is 145 Å². The van der Waals surface area contributed by atoms with E-state index < -0.39 is 0 Å². The zero-order valence-corrected chi connectivity index (χ0v) is 48.3. The Balaban J connectivity index is 0.836. The van der Waals surface area contributed by atoms with Gasteiger partial charge in [-0.3, -0.25) is 4.57 Å². The van der Waals surface area contributed by atoms with E-state index in [0.29, 0.717) is 5.95 Å². The zero-order chi connectivity index (χ0) is 57.4. The molecule has 0 atom stereocenters. The molecule has 3 aromatic heterocycles. The van der Waals surface area contributed by atoms with Gasteiger partial charge in [-0.25, -0.2) is 9.97 Å². The minimum absolute atomic E-state index is 0.0847. The molecule has 86 heavy (non-hydrogen) atoms. The highest BCUT2D eigenvalue weighted by molar-refractivity contribution is 6.12. The Bertz CT molecular complexity index is 5290. The second-order valence-corrected chi connectivity index (χ2v) is 24.5. The van der Waals surface area contributed by atoms with Gasteiger partial charge in [0, 0.05) is 49.2 Å². The molecule has 0 unspecified atom stereocenters. The van der Waals surface area contributed by atoms with Crippen molar-refractivity contribution >= 4 is 43.6 Å². The molecule has 3 heterocycles. The molecule has 0 amide bonds. The number of fused-ring (bicyclic) bond motifs is 12. The van der Waals surface area contributed by atoms with Gasteiger partial charge in [-0.1, -0.05) is 234 Å². The van der Waals surface area contributed by atoms with E-state index in [1.807, 2.05) is 0 Å². The minimum atomic E-state index is -0.104. The van der Waals surface area contributed by atoms with Crippen LogP contribution < -0.4 is 0 Å². The summed E-state index contributed by atoms with van der Waals surface area (Å²) in [5.74, 6) is 0.605. The van der Waals surface area contributed by atoms with Gasteiger partial charge >= 0.3 is 0 Å². The zero-order valence-electron chi connectivity index (χ0n) is 48.3. The standard InChI is InChI=1S/C82H58N4/c1-81(2)70-30-15-11-26-60(70)62-39-34-56(48-72(62)81)54-37-42-78-68(46-54)65-28-13-17-32-76(65)85(78)59-25-19-24-58(44-59)74-50-75(64-41-36-53(51-20-7-5-8-21-51)45-67(64)52-22-9-6-10-23-52)84-80(83-74)86-77-33-18-14-29-66(77)69-47-55(38-43-79(69)86)57-35-40-63-61-27-12-16-31-71(61)82(3,4)73(63)49-57/h5-50H,1-4H3. The molecule has 0 N–H and O–H groups in total. The van der Waals surface area contributed by atoms with Gasteiger partial charge in [-0.15, -0.1) is 0 Å². The number of aromatic nitrogens is 4. The summed E-state index contributed by atoms with van der Waals surface area (Å²) in [7, 11) is 0. The fourth-order valence-electron chi connectivity index (χ4n) is 14.6. The van der Waals surface area contributed by atoms with Gasteiger partial charge in [0.15, 0.2) is 0 Å². The fourth-order valence-corrected chi connectivity index (χ4v) is 14.6. The first-order valence-electron chi connectivity index (χ1n) is 30.0. The lowest BCUT2D eigenvalue weighted by molar-refractivity contribution is 0.660. The molecule has 406 valence electrons. The summed E-state index contributed by atoms with van der Waals surface area (Å²) in [6.07, 6.45) is 0. The van der Waals surface area contributed by atoms with Crippen LogP contribution in [0, 0.1) is 0 Å². The molecular weight excluding hydrogens is 1040 g/mol. The first-order chi connectivity index (χ1) is 42.1. The van der Waals surface area contributed by atoms with Crippen molar-refractivity contribution in [3.63, 3.8) is 0 Å². The highest BCUT2D eigenvalue weighted by atomic mass is 15.2. The summed E-state index contributed by atoms with van der Waals surface area (Å²) >= 11 is 0. The second-order valence-electron chi connectivity index (χ2n) is 24.5. The normalized spacial score (nSPS) is 13.5. The maximum Gasteiger partial charge on any atom is 0.235 e. The molecule has 0 aliphatic heterocycles. The van der Waals surface area contributed by atoms with Gasteiger partial charge in [0.2, 0.25) is 5.95 Å². The topological polar surface area (TPSA) is 35.6 Å². The van der Waals surface area contributed by atoms with Crippen molar-refractivity contribution in [1.82, 2.24) is 19.1 Å². The third kappa shape index (κ3) is 7.62. The van der Waals surface area contributed by atoms with E-state index in [-0.39, 0.29) is 10.8 Å². The average molecular weight is 1100 g/mol. The lowest BCUT2D eigenvalue weighted by Gasteiger charge is -2.22. The third-order valence-corrected chi connectivity index (χ3v) is 19.0. The summed E-state index contributed by atoms with van der Waals surface area (Å²) in [5, 5.41) is 4.72. The van der Waals surface area contributed by atoms with Gasteiger partial charge in [0.25, 0.3) is 0 Å². The molecule has 0 fully saturated rings. The number of benzene rings is 12. The van der Waals surface area contributed by atoms with Crippen LogP contribution in [-0.2, 0) is 10.8 Å². The first-order valence-corrected chi connectivity index (χ1v) is 30.0. The van der Waals surface area contributed by atoms with E-state index in [1.165, 1.54) is 77.5 Å². The van der Waals surface area contributed by atoms with Crippen molar-refractivity contribution in [2.45, 2.75) is 38.5 Å². The number of para-hydroxylation sites is 2. The van der Waals surface area contributed by atoms with E-state index in [1.54, 1.807) is 0 Å². The summed E-state index contributed by atoms with van der Waals surface area (Å²) in [4.78, 5) is 11.4. The van der Waals surface area contributed by atoms with Crippen LogP contribution in [-0.4, -0.2) is 19.1 Å². The van der Waals surface area contributed by atoms with Gasteiger partial charge in [-0.2, -0.15) is 0 Å². The van der Waals surface area contributed by atoms with Crippen LogP contribution in [0.3, 0.4) is 0 Å². The molecule has 2 aliphatic carbocycles. The van der Waals surface area contributed by atoms with Crippen molar-refractivity contribution in [2.24, 2.45) is 0 Å². The van der Waals surface area contributed by atoms with Crippen LogP contribution in [0.5, 0.6) is 0 Å². The largest absolute Gasteiger partial charge is 0.309 e. The summed E-state index contributed by atoms with van der Waals surface area (Å²) in [6.45, 7) is 9.42. The van der Waals surface area contributed by atoms with E-state index >= 15 is 0 Å². The molecule has 0 bridgehead atoms. The van der Waals surface area contributed by atoms with Crippen LogP contribution in [0.15, 0.2) is 279 Å². The molecular formula is C82H58N4. The lowest BCUT2D eigenvalue weighted by Crippen LogP contribution is -2.14. The highest BCUT2D eigenvalue weighted by Crippen LogP contribution is 2.52. The number of hydrogen-bond donors (Lipinski definition) is 0. The van der Waals surface area contributed by atoms with Crippen LogP contribution >= 0.6 is 0 Å². The molecule has 4 nitrogen and oxygen atoms in total. The van der Waals surface area contributed by atoms with Crippen molar-refractivity contribution < 1.29 is 0 Å². The Morgan fingerprint density at radius 1 is 0.244 bits per heavy atom. The number of nitrogens with zero attached hydrogens (tertiary/aromatic N) is 4. The molecule has 15 aromatic rings. The maximum atomic E-state index is 5.69. The minimum Gasteiger partial charge on any atom is -0.309 e. The number of rotatable bonds is 8. The highest BCUT2D eigenvalue weighted by Gasteiger charge is 2.37. The molecule has 12 aromatic carbocycles. The van der Waals surface area contributed by atoms with E-state index in [0.717, 1.165) is 83.3 Å². The second kappa shape index (κ2) is 18.9. The van der Waals surface area contributed by atoms with Crippen LogP contribution in [0.2, 0.25) is 0 Å². The smallest absolute Gasteiger partial charge is 0.235 e. The Hall–Kier alpha value is -10.7. The van der Waals surface area contributed by atoms with Gasteiger partial charge in [0.1, 0.15) is 0 Å². The predicted molar refractivity (Wildman–Crippen MR) is 358 cm³/mol. The quantitative estimate of drug-likeness (QED) is 0.152. The fraction of sp³-hybridized carbons (Fsp3) is 0.0732. The molecule has 0 saturated carbocycles. The maximum absolute atomic E-state index is 5.69. The summed E-state index contributed by atoms with van der Waals surface area (Å²) in [5.41, 5.74) is 29.1. The average Bonchev–Trinajstić information content (AvgIpc) is 2.52. The first kappa shape index (κ1) is 49.9. The third-order valence-electron chi connectivity index (χ3n) is 19.0. The van der Waals surface area contributed by atoms with Gasteiger partial charge < -0.3 is 4.57 Å². The van der Waals surface area contributed by atoms with Crippen LogP contribution in [0.4, 0.5) is 0 Å². The number of hydrogen-bond acceptors (Lipinski definition) is 2. The van der Waals surface area contributed by atoms with Crippen molar-refractivity contribution in [1.29, 1.82) is 0 Å². The Morgan fingerprint density at radius 2 is 0.674 bits per heavy atom. The van der Waals surface area contributed by atoms with Crippen LogP contribution in [0.1, 0.15) is 49.9 Å². The van der Waals surface area contributed by atoms with E-state index in [9.17, 15) is 0 Å². The van der Waals surface area contributed by atoms with E-state index in [2.05, 4.69) is 316 Å². The Labute approximate surface area is 500 Å². The summed E-state index contributed by atoms with van der Waals surface area (Å²) < 4.78 is 4.70. The van der Waals surface area contributed by atoms with Crippen molar-refractivity contribution in [3.05, 3.63) is 301 Å². The summed E-state index contributed by atoms with van der Waals surface area (Å²) in [6, 6.07) is 103. The van der Waals surface area contributed by atoms with Crippen molar-refractivity contribution in [2.75, 3.05) is 0 Å².